The van der Waals surface area contributed by atoms with Crippen LogP contribution in [0.5, 0.6) is 5.75 Å². The number of likely N-dealkylation sites (tertiary alicyclic amines) is 1. The normalized spacial score (nSPS) is 21.4. The molecule has 0 aliphatic carbocycles. The van der Waals surface area contributed by atoms with Crippen LogP contribution in [0.15, 0.2) is 54.6 Å². The molecule has 2 aromatic rings. The van der Waals surface area contributed by atoms with Crippen molar-refractivity contribution in [2.45, 2.75) is 24.9 Å². The number of aromatic hydroxyl groups is 1. The Morgan fingerprint density at radius 3 is 2.48 bits per heavy atom. The van der Waals surface area contributed by atoms with Gasteiger partial charge in [-0.1, -0.05) is 36.4 Å². The number of carbonyl (C=O) groups is 2. The van der Waals surface area contributed by atoms with E-state index in [0.29, 0.717) is 25.3 Å². The lowest BCUT2D eigenvalue weighted by Crippen LogP contribution is -2.48. The van der Waals surface area contributed by atoms with Crippen LogP contribution in [0.3, 0.4) is 0 Å². The number of phenolic OH excluding ortho intramolecular Hbond substituents is 1. The van der Waals surface area contributed by atoms with Gasteiger partial charge in [0.2, 0.25) is 11.8 Å². The summed E-state index contributed by atoms with van der Waals surface area (Å²) in [7, 11) is 1.73. The molecule has 29 heavy (non-hydrogen) atoms. The highest BCUT2D eigenvalue weighted by atomic mass is 16.5. The van der Waals surface area contributed by atoms with Crippen molar-refractivity contribution in [1.29, 1.82) is 0 Å². The zero-order valence-electron chi connectivity index (χ0n) is 16.6. The maximum absolute atomic E-state index is 13.1. The maximum Gasteiger partial charge on any atom is 0.228 e. The molecule has 2 fully saturated rings. The van der Waals surface area contributed by atoms with Gasteiger partial charge in [0.25, 0.3) is 0 Å². The monoisotopic (exact) mass is 394 g/mol. The first-order valence-corrected chi connectivity index (χ1v) is 10.0. The topological polar surface area (TPSA) is 70.1 Å². The largest absolute Gasteiger partial charge is 0.508 e. The zero-order valence-corrected chi connectivity index (χ0v) is 16.6. The highest BCUT2D eigenvalue weighted by molar-refractivity contribution is 6.00. The van der Waals surface area contributed by atoms with E-state index in [1.165, 1.54) is 0 Å². The van der Waals surface area contributed by atoms with Gasteiger partial charge in [-0.3, -0.25) is 9.59 Å². The van der Waals surface area contributed by atoms with Crippen LogP contribution < -0.4 is 4.90 Å². The molecular weight excluding hydrogens is 368 g/mol. The molecule has 1 N–H and O–H groups in total. The Kier molecular flexibility index (Phi) is 5.28. The number of piperidine rings is 1. The van der Waals surface area contributed by atoms with Gasteiger partial charge in [0.1, 0.15) is 5.75 Å². The van der Waals surface area contributed by atoms with Gasteiger partial charge in [-0.25, -0.2) is 0 Å². The summed E-state index contributed by atoms with van der Waals surface area (Å²) in [6.07, 6.45) is 1.67. The van der Waals surface area contributed by atoms with E-state index in [1.807, 2.05) is 23.1 Å². The number of phenols is 1. The van der Waals surface area contributed by atoms with Crippen LogP contribution in [0.4, 0.5) is 5.69 Å². The van der Waals surface area contributed by atoms with E-state index in [4.69, 9.17) is 4.74 Å². The number of benzene rings is 2. The zero-order chi connectivity index (χ0) is 20.4. The molecule has 2 saturated heterocycles. The summed E-state index contributed by atoms with van der Waals surface area (Å²) in [5, 5.41) is 9.68. The van der Waals surface area contributed by atoms with Gasteiger partial charge >= 0.3 is 0 Å². The Hall–Kier alpha value is -2.86. The standard InChI is InChI=1S/C23H26N2O4/c1-29-23(18-6-3-2-4-7-18)10-12-24(13-11-23)22(28)17-14-21(27)25(16-17)19-8-5-9-20(26)15-19/h2-9,15,17,26H,10-14,16H2,1H3. The number of hydrogen-bond acceptors (Lipinski definition) is 4. The first-order valence-electron chi connectivity index (χ1n) is 10.0. The molecule has 0 aromatic heterocycles. The van der Waals surface area contributed by atoms with Crippen LogP contribution in [0.25, 0.3) is 0 Å². The van der Waals surface area contributed by atoms with Crippen molar-refractivity contribution in [1.82, 2.24) is 4.90 Å². The summed E-state index contributed by atoms with van der Waals surface area (Å²) in [6.45, 7) is 1.57. The second-order valence-corrected chi connectivity index (χ2v) is 7.81. The quantitative estimate of drug-likeness (QED) is 0.866. The average Bonchev–Trinajstić information content (AvgIpc) is 3.15. The van der Waals surface area contributed by atoms with Crippen LogP contribution >= 0.6 is 0 Å². The molecule has 2 aliphatic heterocycles. The highest BCUT2D eigenvalue weighted by Crippen LogP contribution is 2.37. The lowest BCUT2D eigenvalue weighted by Gasteiger charge is -2.41. The Labute approximate surface area is 170 Å². The van der Waals surface area contributed by atoms with E-state index >= 15 is 0 Å². The third kappa shape index (κ3) is 3.72. The second-order valence-electron chi connectivity index (χ2n) is 7.81. The molecule has 1 unspecified atom stereocenters. The van der Waals surface area contributed by atoms with Gasteiger partial charge in [0, 0.05) is 44.9 Å². The molecular formula is C23H26N2O4. The first kappa shape index (κ1) is 19.5. The smallest absolute Gasteiger partial charge is 0.228 e. The van der Waals surface area contributed by atoms with Gasteiger partial charge in [0.05, 0.1) is 11.5 Å². The minimum Gasteiger partial charge on any atom is -0.508 e. The Bertz CT molecular complexity index is 891. The van der Waals surface area contributed by atoms with Crippen LogP contribution in [-0.4, -0.2) is 48.6 Å². The van der Waals surface area contributed by atoms with Crippen molar-refractivity contribution in [2.75, 3.05) is 31.6 Å². The van der Waals surface area contributed by atoms with E-state index < -0.39 is 0 Å². The lowest BCUT2D eigenvalue weighted by molar-refractivity contribution is -0.141. The van der Waals surface area contributed by atoms with Crippen molar-refractivity contribution in [3.63, 3.8) is 0 Å². The van der Waals surface area contributed by atoms with Crippen molar-refractivity contribution in [2.24, 2.45) is 5.92 Å². The third-order valence-electron chi connectivity index (χ3n) is 6.19. The van der Waals surface area contributed by atoms with Gasteiger partial charge < -0.3 is 19.6 Å². The molecule has 2 aliphatic rings. The Morgan fingerprint density at radius 2 is 1.83 bits per heavy atom. The van der Waals surface area contributed by atoms with Crippen molar-refractivity contribution in [3.8, 4) is 5.75 Å². The summed E-state index contributed by atoms with van der Waals surface area (Å²) in [4.78, 5) is 29.0. The van der Waals surface area contributed by atoms with Gasteiger partial charge in [0.15, 0.2) is 0 Å². The number of ether oxygens (including phenoxy) is 1. The number of carbonyl (C=O) groups excluding carboxylic acids is 2. The molecule has 0 spiro atoms. The minimum atomic E-state index is -0.364. The minimum absolute atomic E-state index is 0.0266. The molecule has 0 radical (unpaired) electrons. The van der Waals surface area contributed by atoms with E-state index in [9.17, 15) is 14.7 Å². The van der Waals surface area contributed by atoms with Gasteiger partial charge in [-0.05, 0) is 30.5 Å². The molecule has 0 saturated carbocycles. The fourth-order valence-corrected chi connectivity index (χ4v) is 4.48. The molecule has 2 amide bonds. The summed E-state index contributed by atoms with van der Waals surface area (Å²) in [5.74, 6) is -0.296. The molecule has 1 atom stereocenters. The lowest BCUT2D eigenvalue weighted by atomic mass is 9.84. The van der Waals surface area contributed by atoms with Crippen LogP contribution in [-0.2, 0) is 19.9 Å². The molecule has 6 nitrogen and oxygen atoms in total. The molecule has 0 bridgehead atoms. The SMILES string of the molecule is COC1(c2ccccc2)CCN(C(=O)C2CC(=O)N(c3cccc(O)c3)C2)CC1. The Balaban J connectivity index is 1.42. The fraction of sp³-hybridized carbons (Fsp3) is 0.391. The Morgan fingerprint density at radius 1 is 1.10 bits per heavy atom. The molecule has 2 heterocycles. The van der Waals surface area contributed by atoms with Gasteiger partial charge in [-0.2, -0.15) is 0 Å². The van der Waals surface area contributed by atoms with E-state index in [2.05, 4.69) is 12.1 Å². The number of methoxy groups -OCH3 is 1. The molecule has 6 heteroatoms. The van der Waals surface area contributed by atoms with E-state index in [-0.39, 0.29) is 35.5 Å². The average molecular weight is 394 g/mol. The molecule has 2 aromatic carbocycles. The summed E-state index contributed by atoms with van der Waals surface area (Å²) in [5.41, 5.74) is 1.41. The maximum atomic E-state index is 13.1. The number of rotatable bonds is 4. The van der Waals surface area contributed by atoms with Crippen molar-refractivity contribution >= 4 is 17.5 Å². The number of nitrogens with zero attached hydrogens (tertiary/aromatic N) is 2. The van der Waals surface area contributed by atoms with Crippen molar-refractivity contribution in [3.05, 3.63) is 60.2 Å². The van der Waals surface area contributed by atoms with Crippen molar-refractivity contribution < 1.29 is 19.4 Å². The van der Waals surface area contributed by atoms with E-state index in [1.54, 1.807) is 36.3 Å². The van der Waals surface area contributed by atoms with Crippen LogP contribution in [0.1, 0.15) is 24.8 Å². The fourth-order valence-electron chi connectivity index (χ4n) is 4.48. The predicted molar refractivity (Wildman–Crippen MR) is 110 cm³/mol. The molecule has 4 rings (SSSR count). The number of anilines is 1. The van der Waals surface area contributed by atoms with Crippen LogP contribution in [0, 0.1) is 5.92 Å². The summed E-state index contributed by atoms with van der Waals surface area (Å²) in [6, 6.07) is 16.7. The summed E-state index contributed by atoms with van der Waals surface area (Å²) < 4.78 is 5.90. The first-order chi connectivity index (χ1) is 14.0. The van der Waals surface area contributed by atoms with E-state index in [0.717, 1.165) is 18.4 Å². The predicted octanol–water partition coefficient (Wildman–Crippen LogP) is 2.91. The van der Waals surface area contributed by atoms with Gasteiger partial charge in [-0.15, -0.1) is 0 Å². The second kappa shape index (κ2) is 7.87. The number of hydrogen-bond donors (Lipinski definition) is 1. The third-order valence-corrected chi connectivity index (χ3v) is 6.19. The molecule has 152 valence electrons. The number of amides is 2. The summed E-state index contributed by atoms with van der Waals surface area (Å²) >= 11 is 0. The highest BCUT2D eigenvalue weighted by Gasteiger charge is 2.41. The van der Waals surface area contributed by atoms with Crippen LogP contribution in [0.2, 0.25) is 0 Å².